The van der Waals surface area contributed by atoms with Gasteiger partial charge >= 0.3 is 5.69 Å². The molecule has 0 spiro atoms. The van der Waals surface area contributed by atoms with Gasteiger partial charge in [0.25, 0.3) is 5.56 Å². The monoisotopic (exact) mass is 418 g/mol. The van der Waals surface area contributed by atoms with Gasteiger partial charge < -0.3 is 5.11 Å². The van der Waals surface area contributed by atoms with Crippen LogP contribution in [-0.2, 0) is 23.2 Å². The highest BCUT2D eigenvalue weighted by Gasteiger charge is 2.28. The van der Waals surface area contributed by atoms with Crippen molar-refractivity contribution < 1.29 is 14.7 Å². The normalized spacial score (nSPS) is 14.3. The average Bonchev–Trinajstić information content (AvgIpc) is 2.75. The van der Waals surface area contributed by atoms with Crippen LogP contribution in [0.25, 0.3) is 16.7 Å². The SMILES string of the molecule is Cc1c(C(O)=C2C(=O)CCCC2=O)ccc2c1c(=O)n(Cc1ccccc1)c(=O)n2C. The van der Waals surface area contributed by atoms with Crippen molar-refractivity contribution in [2.24, 2.45) is 7.05 Å². The van der Waals surface area contributed by atoms with E-state index >= 15 is 0 Å². The van der Waals surface area contributed by atoms with Crippen molar-refractivity contribution in [1.82, 2.24) is 9.13 Å². The number of Topliss-reactive ketones (excluding diaryl/α,β-unsaturated/α-hetero) is 2. The highest BCUT2D eigenvalue weighted by Crippen LogP contribution is 2.28. The number of rotatable bonds is 3. The molecule has 0 unspecified atom stereocenters. The first-order chi connectivity index (χ1) is 14.8. The number of carbonyl (C=O) groups is 2. The van der Waals surface area contributed by atoms with Gasteiger partial charge in [-0.05, 0) is 36.6 Å². The van der Waals surface area contributed by atoms with Crippen LogP contribution in [0.15, 0.2) is 57.6 Å². The molecule has 1 fully saturated rings. The van der Waals surface area contributed by atoms with Gasteiger partial charge in [0.1, 0.15) is 11.3 Å². The first-order valence-electron chi connectivity index (χ1n) is 10.1. The molecule has 0 bridgehead atoms. The van der Waals surface area contributed by atoms with Crippen molar-refractivity contribution in [3.63, 3.8) is 0 Å². The minimum atomic E-state index is -0.486. The van der Waals surface area contributed by atoms with E-state index in [0.29, 0.717) is 17.5 Å². The maximum atomic E-state index is 13.3. The molecule has 0 aliphatic heterocycles. The van der Waals surface area contributed by atoms with Crippen molar-refractivity contribution >= 4 is 28.2 Å². The Morgan fingerprint density at radius 1 is 0.968 bits per heavy atom. The molecule has 31 heavy (non-hydrogen) atoms. The summed E-state index contributed by atoms with van der Waals surface area (Å²) in [7, 11) is 1.58. The van der Waals surface area contributed by atoms with Crippen molar-refractivity contribution in [1.29, 1.82) is 0 Å². The fourth-order valence-corrected chi connectivity index (χ4v) is 4.13. The molecule has 0 saturated heterocycles. The predicted octanol–water partition coefficient (Wildman–Crippen LogP) is 2.65. The van der Waals surface area contributed by atoms with Crippen molar-refractivity contribution in [3.05, 3.63) is 85.6 Å². The Bertz CT molecular complexity index is 1360. The molecule has 0 amide bonds. The number of aliphatic hydroxyl groups is 1. The molecule has 7 heteroatoms. The van der Waals surface area contributed by atoms with E-state index in [1.165, 1.54) is 10.6 Å². The zero-order valence-corrected chi connectivity index (χ0v) is 17.3. The zero-order valence-electron chi connectivity index (χ0n) is 17.3. The molecular weight excluding hydrogens is 396 g/mol. The Labute approximate surface area is 177 Å². The molecule has 3 aromatic rings. The number of hydrogen-bond acceptors (Lipinski definition) is 5. The predicted molar refractivity (Wildman–Crippen MR) is 117 cm³/mol. The Morgan fingerprint density at radius 2 is 1.61 bits per heavy atom. The lowest BCUT2D eigenvalue weighted by Gasteiger charge is -2.17. The van der Waals surface area contributed by atoms with E-state index < -0.39 is 28.6 Å². The number of allylic oxidation sites excluding steroid dienone is 1. The molecule has 1 saturated carbocycles. The third-order valence-electron chi connectivity index (χ3n) is 5.82. The van der Waals surface area contributed by atoms with E-state index in [1.807, 2.05) is 30.3 Å². The summed E-state index contributed by atoms with van der Waals surface area (Å²) in [5.74, 6) is -1.19. The standard InChI is InChI=1S/C24H22N2O5/c1-14-16(22(29)21-18(27)9-6-10-19(21)28)11-12-17-20(14)23(30)26(24(31)25(17)2)13-15-7-4-3-5-8-15/h3-5,7-8,11-12,29H,6,9-10,13H2,1-2H3. The molecule has 1 aliphatic carbocycles. The molecule has 0 atom stereocenters. The van der Waals surface area contributed by atoms with Gasteiger partial charge in [-0.15, -0.1) is 0 Å². The summed E-state index contributed by atoms with van der Waals surface area (Å²) in [5.41, 5.74) is 0.735. The van der Waals surface area contributed by atoms with Gasteiger partial charge in [-0.25, -0.2) is 4.79 Å². The molecule has 1 aliphatic rings. The van der Waals surface area contributed by atoms with E-state index in [2.05, 4.69) is 0 Å². The molecule has 4 rings (SSSR count). The molecule has 1 aromatic heterocycles. The molecule has 7 nitrogen and oxygen atoms in total. The summed E-state index contributed by atoms with van der Waals surface area (Å²) in [6.45, 7) is 1.75. The summed E-state index contributed by atoms with van der Waals surface area (Å²) in [6.07, 6.45) is 0.879. The number of ketones is 2. The molecule has 0 radical (unpaired) electrons. The third-order valence-corrected chi connectivity index (χ3v) is 5.82. The van der Waals surface area contributed by atoms with Crippen LogP contribution in [-0.4, -0.2) is 25.8 Å². The van der Waals surface area contributed by atoms with Crippen LogP contribution in [0.4, 0.5) is 0 Å². The minimum absolute atomic E-state index is 0.107. The summed E-state index contributed by atoms with van der Waals surface area (Å²) in [5, 5.41) is 11.1. The molecule has 158 valence electrons. The topological polar surface area (TPSA) is 98.4 Å². The summed E-state index contributed by atoms with van der Waals surface area (Å²) in [4.78, 5) is 50.7. The van der Waals surface area contributed by atoms with Gasteiger partial charge in [-0.3, -0.25) is 23.5 Å². The number of carbonyl (C=O) groups excluding carboxylic acids is 2. The Balaban J connectivity index is 1.97. The Morgan fingerprint density at radius 3 is 2.26 bits per heavy atom. The number of aliphatic hydroxyl groups excluding tert-OH is 1. The van der Waals surface area contributed by atoms with Crippen LogP contribution in [0.1, 0.15) is 36.0 Å². The first kappa shape index (κ1) is 20.5. The number of benzene rings is 2. The summed E-state index contributed by atoms with van der Waals surface area (Å²) >= 11 is 0. The van der Waals surface area contributed by atoms with Gasteiger partial charge in [0.05, 0.1) is 17.4 Å². The van der Waals surface area contributed by atoms with Crippen LogP contribution in [0.3, 0.4) is 0 Å². The van der Waals surface area contributed by atoms with Crippen LogP contribution in [0.2, 0.25) is 0 Å². The van der Waals surface area contributed by atoms with Crippen LogP contribution in [0, 0.1) is 6.92 Å². The van der Waals surface area contributed by atoms with Gasteiger partial charge in [0.2, 0.25) is 0 Å². The fraction of sp³-hybridized carbons (Fsp3) is 0.250. The van der Waals surface area contributed by atoms with Crippen LogP contribution in [0.5, 0.6) is 0 Å². The molecule has 1 heterocycles. The largest absolute Gasteiger partial charge is 0.506 e. The maximum Gasteiger partial charge on any atom is 0.331 e. The average molecular weight is 418 g/mol. The molecular formula is C24H22N2O5. The fourth-order valence-electron chi connectivity index (χ4n) is 4.13. The van der Waals surface area contributed by atoms with E-state index in [9.17, 15) is 24.3 Å². The zero-order chi connectivity index (χ0) is 22.3. The quantitative estimate of drug-likeness (QED) is 0.401. The minimum Gasteiger partial charge on any atom is -0.506 e. The first-order valence-corrected chi connectivity index (χ1v) is 10.1. The highest BCUT2D eigenvalue weighted by atomic mass is 16.3. The lowest BCUT2D eigenvalue weighted by molar-refractivity contribution is -0.123. The number of hydrogen-bond donors (Lipinski definition) is 1. The summed E-state index contributed by atoms with van der Waals surface area (Å²) < 4.78 is 2.53. The number of fused-ring (bicyclic) bond motifs is 1. The summed E-state index contributed by atoms with van der Waals surface area (Å²) in [6, 6.07) is 12.3. The van der Waals surface area contributed by atoms with E-state index in [0.717, 1.165) is 10.1 Å². The van der Waals surface area contributed by atoms with E-state index in [1.54, 1.807) is 20.0 Å². The second-order valence-electron chi connectivity index (χ2n) is 7.77. The second kappa shape index (κ2) is 7.83. The van der Waals surface area contributed by atoms with Gasteiger partial charge in [0, 0.05) is 25.5 Å². The van der Waals surface area contributed by atoms with Crippen molar-refractivity contribution in [3.8, 4) is 0 Å². The Hall–Kier alpha value is -3.74. The Kier molecular flexibility index (Phi) is 5.19. The highest BCUT2D eigenvalue weighted by molar-refractivity contribution is 6.25. The van der Waals surface area contributed by atoms with Crippen molar-refractivity contribution in [2.45, 2.75) is 32.7 Å². The number of nitrogens with zero attached hydrogens (tertiary/aromatic N) is 2. The van der Waals surface area contributed by atoms with E-state index in [-0.39, 0.29) is 35.9 Å². The smallest absolute Gasteiger partial charge is 0.331 e. The second-order valence-corrected chi connectivity index (χ2v) is 7.77. The van der Waals surface area contributed by atoms with Gasteiger partial charge in [-0.1, -0.05) is 30.3 Å². The number of aromatic nitrogens is 2. The lowest BCUT2D eigenvalue weighted by Crippen LogP contribution is -2.39. The van der Waals surface area contributed by atoms with Crippen LogP contribution >= 0.6 is 0 Å². The van der Waals surface area contributed by atoms with Crippen LogP contribution < -0.4 is 11.2 Å². The lowest BCUT2D eigenvalue weighted by atomic mass is 9.88. The molecule has 1 N–H and O–H groups in total. The van der Waals surface area contributed by atoms with E-state index in [4.69, 9.17) is 0 Å². The molecule has 2 aromatic carbocycles. The maximum absolute atomic E-state index is 13.3. The van der Waals surface area contributed by atoms with Gasteiger partial charge in [0.15, 0.2) is 11.6 Å². The number of aryl methyl sites for hydroxylation is 2. The van der Waals surface area contributed by atoms with Gasteiger partial charge in [-0.2, -0.15) is 0 Å². The van der Waals surface area contributed by atoms with Crippen molar-refractivity contribution in [2.75, 3.05) is 0 Å². The third kappa shape index (κ3) is 3.42.